The molecule has 2 rings (SSSR count). The third kappa shape index (κ3) is 1.90. The predicted octanol–water partition coefficient (Wildman–Crippen LogP) is 0.490. The highest BCUT2D eigenvalue weighted by molar-refractivity contribution is 5.28. The first-order valence-electron chi connectivity index (χ1n) is 5.65. The summed E-state index contributed by atoms with van der Waals surface area (Å²) in [6.45, 7) is 6.91. The predicted molar refractivity (Wildman–Crippen MR) is 59.2 cm³/mol. The van der Waals surface area contributed by atoms with Crippen LogP contribution in [-0.2, 0) is 10.3 Å². The van der Waals surface area contributed by atoms with Crippen molar-refractivity contribution in [2.24, 2.45) is 5.73 Å². The van der Waals surface area contributed by atoms with E-state index >= 15 is 0 Å². The van der Waals surface area contributed by atoms with Crippen LogP contribution in [0.5, 0.6) is 0 Å². The van der Waals surface area contributed by atoms with Crippen LogP contribution < -0.4 is 10.6 Å². The van der Waals surface area contributed by atoms with Crippen molar-refractivity contribution in [3.63, 3.8) is 0 Å². The fourth-order valence-corrected chi connectivity index (χ4v) is 1.80. The Labute approximate surface area is 94.7 Å². The second kappa shape index (κ2) is 4.39. The molecular weight excluding hydrogens is 208 g/mol. The summed E-state index contributed by atoms with van der Waals surface area (Å²) in [6, 6.07) is 0. The zero-order valence-electron chi connectivity index (χ0n) is 9.77. The number of nitrogens with two attached hydrogens (primary N) is 1. The molecule has 90 valence electrons. The lowest BCUT2D eigenvalue weighted by atomic mass is 10.0. The van der Waals surface area contributed by atoms with Crippen molar-refractivity contribution in [2.45, 2.75) is 25.8 Å². The number of ether oxygens (including phenoxy) is 1. The first kappa shape index (κ1) is 11.3. The first-order valence-corrected chi connectivity index (χ1v) is 5.65. The molecule has 0 aliphatic carbocycles. The molecule has 1 aliphatic heterocycles. The Balaban J connectivity index is 2.18. The Hall–Kier alpha value is -1.14. The van der Waals surface area contributed by atoms with Gasteiger partial charge in [0.1, 0.15) is 5.54 Å². The highest BCUT2D eigenvalue weighted by Crippen LogP contribution is 2.27. The average Bonchev–Trinajstić information content (AvgIpc) is 2.90. The van der Waals surface area contributed by atoms with Gasteiger partial charge in [0.15, 0.2) is 0 Å². The molecule has 1 aromatic rings. The molecule has 2 N–H and O–H groups in total. The van der Waals surface area contributed by atoms with Gasteiger partial charge in [0.2, 0.25) is 0 Å². The summed E-state index contributed by atoms with van der Waals surface area (Å²) in [5.74, 6) is 1.09. The summed E-state index contributed by atoms with van der Waals surface area (Å²) in [5, 5.41) is 3.95. The summed E-state index contributed by atoms with van der Waals surface area (Å²) >= 11 is 0. The van der Waals surface area contributed by atoms with Crippen LogP contribution in [0, 0.1) is 0 Å². The third-order valence-corrected chi connectivity index (χ3v) is 2.94. The summed E-state index contributed by atoms with van der Waals surface area (Å²) in [4.78, 5) is 6.37. The summed E-state index contributed by atoms with van der Waals surface area (Å²) in [6.07, 6.45) is 0.729. The van der Waals surface area contributed by atoms with Crippen LogP contribution in [0.15, 0.2) is 4.52 Å². The highest BCUT2D eigenvalue weighted by Gasteiger charge is 2.38. The van der Waals surface area contributed by atoms with Crippen LogP contribution in [0.1, 0.15) is 26.2 Å². The van der Waals surface area contributed by atoms with E-state index in [1.165, 1.54) is 0 Å². The minimum Gasteiger partial charge on any atom is -0.379 e. The third-order valence-electron chi connectivity index (χ3n) is 2.94. The van der Waals surface area contributed by atoms with E-state index in [0.717, 1.165) is 19.5 Å². The Morgan fingerprint density at radius 3 is 2.75 bits per heavy atom. The van der Waals surface area contributed by atoms with E-state index in [-0.39, 0.29) is 0 Å². The second-order valence-corrected chi connectivity index (χ2v) is 4.03. The molecule has 1 aromatic heterocycles. The van der Waals surface area contributed by atoms with Gasteiger partial charge in [0, 0.05) is 19.7 Å². The number of hydrogen-bond acceptors (Lipinski definition) is 6. The van der Waals surface area contributed by atoms with Gasteiger partial charge in [-0.25, -0.2) is 0 Å². The van der Waals surface area contributed by atoms with Crippen LogP contribution >= 0.6 is 0 Å². The Morgan fingerprint density at radius 2 is 2.19 bits per heavy atom. The van der Waals surface area contributed by atoms with Crippen molar-refractivity contribution in [3.05, 3.63) is 5.89 Å². The van der Waals surface area contributed by atoms with E-state index in [1.54, 1.807) is 0 Å². The molecule has 6 heteroatoms. The van der Waals surface area contributed by atoms with Crippen LogP contribution in [0.25, 0.3) is 0 Å². The van der Waals surface area contributed by atoms with Gasteiger partial charge in [-0.3, -0.25) is 0 Å². The van der Waals surface area contributed by atoms with E-state index in [4.69, 9.17) is 15.0 Å². The fraction of sp³-hybridized carbons (Fsp3) is 0.800. The fourth-order valence-electron chi connectivity index (χ4n) is 1.80. The maximum atomic E-state index is 6.14. The van der Waals surface area contributed by atoms with E-state index in [2.05, 4.69) is 24.0 Å². The molecule has 0 spiro atoms. The van der Waals surface area contributed by atoms with Crippen molar-refractivity contribution < 1.29 is 9.26 Å². The SMILES string of the molecule is CCN(CC)c1noc(C2(N)CCOC2)n1. The summed E-state index contributed by atoms with van der Waals surface area (Å²) in [7, 11) is 0. The van der Waals surface area contributed by atoms with Crippen molar-refractivity contribution in [2.75, 3.05) is 31.2 Å². The Bertz CT molecular complexity index is 342. The molecule has 0 amide bonds. The smallest absolute Gasteiger partial charge is 0.266 e. The monoisotopic (exact) mass is 226 g/mol. The molecule has 0 aromatic carbocycles. The van der Waals surface area contributed by atoms with Gasteiger partial charge < -0.3 is 19.9 Å². The number of nitrogens with zero attached hydrogens (tertiary/aromatic N) is 3. The molecule has 1 saturated heterocycles. The molecule has 1 fully saturated rings. The molecule has 0 bridgehead atoms. The quantitative estimate of drug-likeness (QED) is 0.805. The standard InChI is InChI=1S/C10H18N4O2/c1-3-14(4-2)9-12-8(16-13-9)10(11)5-6-15-7-10/h3-7,11H2,1-2H3. The van der Waals surface area contributed by atoms with Crippen molar-refractivity contribution in [1.29, 1.82) is 0 Å². The van der Waals surface area contributed by atoms with Crippen LogP contribution in [0.4, 0.5) is 5.95 Å². The number of anilines is 1. The lowest BCUT2D eigenvalue weighted by molar-refractivity contribution is 0.166. The van der Waals surface area contributed by atoms with Gasteiger partial charge >= 0.3 is 0 Å². The van der Waals surface area contributed by atoms with Gasteiger partial charge in [-0.1, -0.05) is 0 Å². The lowest BCUT2D eigenvalue weighted by Gasteiger charge is -2.16. The largest absolute Gasteiger partial charge is 0.379 e. The molecule has 0 radical (unpaired) electrons. The molecule has 6 nitrogen and oxygen atoms in total. The Kier molecular flexibility index (Phi) is 3.11. The zero-order chi connectivity index (χ0) is 11.6. The zero-order valence-corrected chi connectivity index (χ0v) is 9.77. The van der Waals surface area contributed by atoms with Crippen LogP contribution in [-0.4, -0.2) is 36.4 Å². The van der Waals surface area contributed by atoms with Gasteiger partial charge in [-0.05, 0) is 25.4 Å². The molecule has 1 aliphatic rings. The van der Waals surface area contributed by atoms with Crippen molar-refractivity contribution in [3.8, 4) is 0 Å². The van der Waals surface area contributed by atoms with Gasteiger partial charge in [-0.15, -0.1) is 0 Å². The minimum atomic E-state index is -0.599. The maximum Gasteiger partial charge on any atom is 0.266 e. The summed E-state index contributed by atoms with van der Waals surface area (Å²) in [5.41, 5.74) is 5.54. The number of rotatable bonds is 4. The van der Waals surface area contributed by atoms with Crippen LogP contribution in [0.3, 0.4) is 0 Å². The molecular formula is C10H18N4O2. The number of hydrogen-bond donors (Lipinski definition) is 1. The minimum absolute atomic E-state index is 0.451. The van der Waals surface area contributed by atoms with Gasteiger partial charge in [0.05, 0.1) is 6.61 Å². The highest BCUT2D eigenvalue weighted by atomic mass is 16.5. The Morgan fingerprint density at radius 1 is 1.44 bits per heavy atom. The molecule has 2 heterocycles. The topological polar surface area (TPSA) is 77.4 Å². The molecule has 16 heavy (non-hydrogen) atoms. The normalized spacial score (nSPS) is 24.9. The van der Waals surface area contributed by atoms with E-state index in [9.17, 15) is 0 Å². The average molecular weight is 226 g/mol. The maximum absolute atomic E-state index is 6.14. The lowest BCUT2D eigenvalue weighted by Crippen LogP contribution is -2.37. The first-order chi connectivity index (χ1) is 7.69. The van der Waals surface area contributed by atoms with E-state index in [1.807, 2.05) is 4.90 Å². The second-order valence-electron chi connectivity index (χ2n) is 4.03. The molecule has 1 unspecified atom stereocenters. The molecule has 1 atom stereocenters. The summed E-state index contributed by atoms with van der Waals surface area (Å²) < 4.78 is 10.5. The van der Waals surface area contributed by atoms with E-state index < -0.39 is 5.54 Å². The molecule has 0 saturated carbocycles. The van der Waals surface area contributed by atoms with Crippen LogP contribution in [0.2, 0.25) is 0 Å². The van der Waals surface area contributed by atoms with Gasteiger partial charge in [-0.2, -0.15) is 4.98 Å². The van der Waals surface area contributed by atoms with Crippen molar-refractivity contribution in [1.82, 2.24) is 10.1 Å². The van der Waals surface area contributed by atoms with E-state index in [0.29, 0.717) is 25.1 Å². The van der Waals surface area contributed by atoms with Crippen molar-refractivity contribution >= 4 is 5.95 Å². The van der Waals surface area contributed by atoms with Gasteiger partial charge in [0.25, 0.3) is 11.8 Å². The number of aromatic nitrogens is 2.